The lowest BCUT2D eigenvalue weighted by atomic mass is 10.2. The molecule has 3 rings (SSSR count). The van der Waals surface area contributed by atoms with Gasteiger partial charge >= 0.3 is 5.97 Å². The van der Waals surface area contributed by atoms with Crippen LogP contribution in [-0.4, -0.2) is 63.1 Å². The van der Waals surface area contributed by atoms with Gasteiger partial charge in [-0.15, -0.1) is 0 Å². The van der Waals surface area contributed by atoms with Gasteiger partial charge in [0.1, 0.15) is 6.54 Å². The average Bonchev–Trinajstić information content (AvgIpc) is 3.27. The minimum atomic E-state index is -3.99. The maximum Gasteiger partial charge on any atom is 0.326 e. The summed E-state index contributed by atoms with van der Waals surface area (Å²) in [6.07, 6.45) is -0.0579. The van der Waals surface area contributed by atoms with E-state index < -0.39 is 21.9 Å². The van der Waals surface area contributed by atoms with Crippen molar-refractivity contribution in [1.82, 2.24) is 8.87 Å². The molecule has 0 saturated heterocycles. The number of aromatic nitrogens is 1. The summed E-state index contributed by atoms with van der Waals surface area (Å²) in [4.78, 5) is 29.8. The van der Waals surface area contributed by atoms with Gasteiger partial charge in [-0.25, -0.2) is 8.42 Å². The van der Waals surface area contributed by atoms with E-state index in [1.54, 1.807) is 23.6 Å². The monoisotopic (exact) mass is 585 g/mol. The van der Waals surface area contributed by atoms with E-state index in [0.717, 1.165) is 15.6 Å². The number of nitriles is 2. The van der Waals surface area contributed by atoms with Crippen molar-refractivity contribution in [3.8, 4) is 23.6 Å². The lowest BCUT2D eigenvalue weighted by molar-refractivity contribution is -0.143. The van der Waals surface area contributed by atoms with Gasteiger partial charge in [0.25, 0.3) is 5.91 Å². The molecule has 1 amide bonds. The number of hydrogen-bond donors (Lipinski definition) is 0. The quantitative estimate of drug-likeness (QED) is 0.291. The first kappa shape index (κ1) is 30.3. The van der Waals surface area contributed by atoms with Gasteiger partial charge in [-0.1, -0.05) is 11.3 Å². The number of fused-ring (bicyclic) bond motifs is 1. The number of esters is 1. The zero-order valence-corrected chi connectivity index (χ0v) is 23.8. The molecule has 0 aliphatic rings. The summed E-state index contributed by atoms with van der Waals surface area (Å²) >= 11 is 1.16. The number of sulfonamides is 1. The Labute approximate surface area is 235 Å². The van der Waals surface area contributed by atoms with Crippen molar-refractivity contribution >= 4 is 43.5 Å². The Kier molecular flexibility index (Phi) is 10.4. The van der Waals surface area contributed by atoms with Crippen molar-refractivity contribution in [1.29, 1.82) is 10.5 Å². The third-order valence-corrected chi connectivity index (χ3v) is 8.62. The van der Waals surface area contributed by atoms with Crippen molar-refractivity contribution in [2.24, 2.45) is 4.99 Å². The van der Waals surface area contributed by atoms with E-state index in [-0.39, 0.29) is 54.3 Å². The topological polar surface area (TPSA) is 164 Å². The first-order valence-corrected chi connectivity index (χ1v) is 14.3. The number of carbonyl (C=O) groups is 2. The number of hydrogen-bond acceptors (Lipinski definition) is 10. The van der Waals surface area contributed by atoms with E-state index in [0.29, 0.717) is 21.7 Å². The van der Waals surface area contributed by atoms with Gasteiger partial charge < -0.3 is 18.8 Å². The van der Waals surface area contributed by atoms with Gasteiger partial charge in [0.05, 0.1) is 48.1 Å². The summed E-state index contributed by atoms with van der Waals surface area (Å²) in [5, 5.41) is 17.7. The van der Waals surface area contributed by atoms with Crippen molar-refractivity contribution in [2.75, 3.05) is 33.9 Å². The molecule has 0 saturated carbocycles. The Balaban J connectivity index is 2.01. The van der Waals surface area contributed by atoms with Gasteiger partial charge in [-0.05, 0) is 31.2 Å². The van der Waals surface area contributed by atoms with Crippen LogP contribution in [0.2, 0.25) is 0 Å². The summed E-state index contributed by atoms with van der Waals surface area (Å²) in [6.45, 7) is 1.56. The SMILES string of the molecule is CCOC(=O)Cn1c(=NC(=O)c2ccc(S(=O)(=O)N(CCC#N)CCC#N)cc2)sc2cc(OC)c(OC)cc21. The molecule has 0 unspecified atom stereocenters. The van der Waals surface area contributed by atoms with E-state index >= 15 is 0 Å². The summed E-state index contributed by atoms with van der Waals surface area (Å²) in [7, 11) is -1.01. The van der Waals surface area contributed by atoms with Crippen LogP contribution in [0.4, 0.5) is 0 Å². The van der Waals surface area contributed by atoms with Crippen molar-refractivity contribution < 1.29 is 32.2 Å². The van der Waals surface area contributed by atoms with Crippen LogP contribution < -0.4 is 14.3 Å². The van der Waals surface area contributed by atoms with E-state index in [1.807, 2.05) is 12.1 Å². The molecule has 0 spiro atoms. The molecule has 0 atom stereocenters. The smallest absolute Gasteiger partial charge is 0.326 e. The number of rotatable bonds is 12. The Morgan fingerprint density at radius 2 is 1.62 bits per heavy atom. The minimum absolute atomic E-state index is 0.0289. The first-order valence-electron chi connectivity index (χ1n) is 12.0. The van der Waals surface area contributed by atoms with E-state index in [2.05, 4.69) is 4.99 Å². The lowest BCUT2D eigenvalue weighted by Gasteiger charge is -2.20. The molecular weight excluding hydrogens is 558 g/mol. The highest BCUT2D eigenvalue weighted by molar-refractivity contribution is 7.89. The highest BCUT2D eigenvalue weighted by Gasteiger charge is 2.24. The van der Waals surface area contributed by atoms with Crippen LogP contribution in [0, 0.1) is 22.7 Å². The van der Waals surface area contributed by atoms with E-state index in [1.165, 1.54) is 38.5 Å². The first-order chi connectivity index (χ1) is 19.2. The Morgan fingerprint density at radius 1 is 1.02 bits per heavy atom. The normalized spacial score (nSPS) is 11.7. The van der Waals surface area contributed by atoms with Gasteiger partial charge in [-0.2, -0.15) is 19.8 Å². The molecule has 1 heterocycles. The molecule has 0 aliphatic heterocycles. The highest BCUT2D eigenvalue weighted by Crippen LogP contribution is 2.33. The molecule has 0 N–H and O–H groups in total. The fourth-order valence-corrected chi connectivity index (χ4v) is 6.22. The zero-order chi connectivity index (χ0) is 29.3. The van der Waals surface area contributed by atoms with Gasteiger partial charge in [0.2, 0.25) is 10.0 Å². The zero-order valence-electron chi connectivity index (χ0n) is 22.1. The van der Waals surface area contributed by atoms with Crippen LogP contribution in [0.5, 0.6) is 11.5 Å². The molecule has 0 aliphatic carbocycles. The highest BCUT2D eigenvalue weighted by atomic mass is 32.2. The van der Waals surface area contributed by atoms with E-state index in [4.69, 9.17) is 24.7 Å². The van der Waals surface area contributed by atoms with Crippen LogP contribution in [0.25, 0.3) is 10.2 Å². The molecule has 40 heavy (non-hydrogen) atoms. The Morgan fingerprint density at radius 3 is 2.17 bits per heavy atom. The fraction of sp³-hybridized carbons (Fsp3) is 0.346. The molecule has 3 aromatic rings. The molecule has 12 nitrogen and oxygen atoms in total. The number of ether oxygens (including phenoxy) is 3. The maximum atomic E-state index is 13.1. The average molecular weight is 586 g/mol. The van der Waals surface area contributed by atoms with Crippen LogP contribution in [0.3, 0.4) is 0 Å². The van der Waals surface area contributed by atoms with Crippen LogP contribution in [-0.2, 0) is 26.1 Å². The largest absolute Gasteiger partial charge is 0.493 e. The number of thiazole rings is 1. The van der Waals surface area contributed by atoms with Crippen molar-refractivity contribution in [3.63, 3.8) is 0 Å². The van der Waals surface area contributed by atoms with Crippen LogP contribution >= 0.6 is 11.3 Å². The second-order valence-corrected chi connectivity index (χ2v) is 11.1. The summed E-state index contributed by atoms with van der Waals surface area (Å²) in [5.41, 5.74) is 0.702. The molecule has 210 valence electrons. The Hall–Kier alpha value is -4.24. The lowest BCUT2D eigenvalue weighted by Crippen LogP contribution is -2.32. The van der Waals surface area contributed by atoms with Crippen molar-refractivity contribution in [3.05, 3.63) is 46.8 Å². The number of amides is 1. The van der Waals surface area contributed by atoms with Gasteiger partial charge in [0, 0.05) is 43.6 Å². The summed E-state index contributed by atoms with van der Waals surface area (Å²) in [6, 6.07) is 12.4. The molecule has 0 radical (unpaired) electrons. The Bertz CT molecular complexity index is 1630. The second-order valence-electron chi connectivity index (χ2n) is 8.11. The summed E-state index contributed by atoms with van der Waals surface area (Å²) < 4.78 is 45.2. The van der Waals surface area contributed by atoms with Gasteiger partial charge in [0.15, 0.2) is 16.3 Å². The minimum Gasteiger partial charge on any atom is -0.493 e. The number of methoxy groups -OCH3 is 2. The number of nitrogens with zero attached hydrogens (tertiary/aromatic N) is 5. The molecule has 14 heteroatoms. The van der Waals surface area contributed by atoms with Crippen molar-refractivity contribution in [2.45, 2.75) is 31.2 Å². The van der Waals surface area contributed by atoms with Gasteiger partial charge in [-0.3, -0.25) is 9.59 Å². The number of benzene rings is 2. The van der Waals surface area contributed by atoms with E-state index in [9.17, 15) is 18.0 Å². The number of carbonyl (C=O) groups excluding carboxylic acids is 2. The standard InChI is InChI=1S/C26H27N5O7S2/c1-4-38-24(32)17-31-20-15-21(36-2)22(37-3)16-23(20)39-26(31)29-25(33)18-7-9-19(10-8-18)40(34,35)30(13-5-11-27)14-6-12-28/h7-10,15-16H,4-6,13-14,17H2,1-3H3. The molecule has 0 fully saturated rings. The predicted octanol–water partition coefficient (Wildman–Crippen LogP) is 2.84. The van der Waals surface area contributed by atoms with Crippen LogP contribution in [0.15, 0.2) is 46.3 Å². The molecule has 0 bridgehead atoms. The summed E-state index contributed by atoms with van der Waals surface area (Å²) in [5.74, 6) is -0.276. The maximum absolute atomic E-state index is 13.1. The molecular formula is C26H27N5O7S2. The molecule has 1 aromatic heterocycles. The fourth-order valence-electron chi connectivity index (χ4n) is 3.74. The predicted molar refractivity (Wildman–Crippen MR) is 145 cm³/mol. The molecule has 2 aromatic carbocycles. The van der Waals surface area contributed by atoms with Crippen LogP contribution in [0.1, 0.15) is 30.1 Å². The third-order valence-electron chi connectivity index (χ3n) is 5.66. The second kappa shape index (κ2) is 13.7. The third kappa shape index (κ3) is 6.84.